The molecular formula is C27H26N4O5. The number of nitrogens with zero attached hydrogens (tertiary/aromatic N) is 1. The molecule has 36 heavy (non-hydrogen) atoms. The molecule has 9 nitrogen and oxygen atoms in total. The van der Waals surface area contributed by atoms with Crippen molar-refractivity contribution in [2.45, 2.75) is 19.4 Å². The molecule has 0 radical (unpaired) electrons. The van der Waals surface area contributed by atoms with Crippen LogP contribution in [0.4, 0.5) is 5.69 Å². The Kier molecular flexibility index (Phi) is 7.00. The van der Waals surface area contributed by atoms with E-state index in [9.17, 15) is 14.4 Å². The van der Waals surface area contributed by atoms with E-state index < -0.39 is 17.4 Å². The maximum absolute atomic E-state index is 12.8. The molecule has 0 aliphatic heterocycles. The Balaban J connectivity index is 1.36. The number of hydrogen-bond acceptors (Lipinski definition) is 6. The fraction of sp³-hybridized carbons (Fsp3) is 0.185. The number of anilines is 1. The van der Waals surface area contributed by atoms with Crippen molar-refractivity contribution in [3.8, 4) is 17.1 Å². The molecule has 0 fully saturated rings. The van der Waals surface area contributed by atoms with Gasteiger partial charge in [0.25, 0.3) is 5.91 Å². The maximum atomic E-state index is 12.8. The Morgan fingerprint density at radius 1 is 1.00 bits per heavy atom. The number of methoxy groups -OCH3 is 1. The molecule has 0 unspecified atom stereocenters. The molecule has 1 aromatic heterocycles. The van der Waals surface area contributed by atoms with Crippen LogP contribution in [0.5, 0.6) is 5.75 Å². The van der Waals surface area contributed by atoms with Crippen molar-refractivity contribution >= 4 is 34.2 Å². The largest absolute Gasteiger partial charge is 0.496 e. The molecule has 0 atom stereocenters. The number of amides is 3. The van der Waals surface area contributed by atoms with Crippen LogP contribution in [0.3, 0.4) is 0 Å². The van der Waals surface area contributed by atoms with Crippen molar-refractivity contribution in [2.75, 3.05) is 19.0 Å². The highest BCUT2D eigenvalue weighted by molar-refractivity contribution is 6.39. The van der Waals surface area contributed by atoms with E-state index in [1.54, 1.807) is 44.3 Å². The van der Waals surface area contributed by atoms with E-state index in [1.165, 1.54) is 13.5 Å². The fourth-order valence-corrected chi connectivity index (χ4v) is 3.74. The topological polar surface area (TPSA) is 123 Å². The lowest BCUT2D eigenvalue weighted by Crippen LogP contribution is -2.54. The Labute approximate surface area is 207 Å². The molecule has 0 aliphatic carbocycles. The molecular weight excluding hydrogens is 460 g/mol. The first-order valence-corrected chi connectivity index (χ1v) is 11.2. The van der Waals surface area contributed by atoms with Gasteiger partial charge in [-0.3, -0.25) is 14.4 Å². The summed E-state index contributed by atoms with van der Waals surface area (Å²) in [5, 5.41) is 9.86. The second-order valence-corrected chi connectivity index (χ2v) is 8.78. The summed E-state index contributed by atoms with van der Waals surface area (Å²) in [5.41, 5.74) is 0.677. The van der Waals surface area contributed by atoms with Gasteiger partial charge in [0.15, 0.2) is 12.2 Å². The summed E-state index contributed by atoms with van der Waals surface area (Å²) >= 11 is 0. The molecule has 0 saturated heterocycles. The van der Waals surface area contributed by atoms with Gasteiger partial charge in [-0.05, 0) is 42.8 Å². The van der Waals surface area contributed by atoms with Gasteiger partial charge in [0.05, 0.1) is 24.4 Å². The zero-order valence-corrected chi connectivity index (χ0v) is 20.1. The molecule has 4 rings (SSSR count). The molecule has 3 amide bonds. The monoisotopic (exact) mass is 486 g/mol. The van der Waals surface area contributed by atoms with Gasteiger partial charge in [-0.25, -0.2) is 4.98 Å². The quantitative estimate of drug-likeness (QED) is 0.342. The number of hydrogen-bond donors (Lipinski definition) is 3. The lowest BCUT2D eigenvalue weighted by molar-refractivity contribution is -0.137. The number of ether oxygens (including phenoxy) is 1. The zero-order chi connectivity index (χ0) is 25.7. The number of carbonyl (C=O) groups is 3. The summed E-state index contributed by atoms with van der Waals surface area (Å²) in [5.74, 6) is -0.996. The predicted molar refractivity (Wildman–Crippen MR) is 136 cm³/mol. The second-order valence-electron chi connectivity index (χ2n) is 8.78. The summed E-state index contributed by atoms with van der Waals surface area (Å²) in [6.45, 7) is 3.56. The van der Waals surface area contributed by atoms with Gasteiger partial charge in [0.1, 0.15) is 5.75 Å². The Morgan fingerprint density at radius 2 is 1.78 bits per heavy atom. The Bertz CT molecular complexity index is 1410. The van der Waals surface area contributed by atoms with E-state index in [0.717, 1.165) is 10.8 Å². The van der Waals surface area contributed by atoms with Crippen LogP contribution in [0.1, 0.15) is 24.2 Å². The van der Waals surface area contributed by atoms with E-state index in [4.69, 9.17) is 9.15 Å². The van der Waals surface area contributed by atoms with Gasteiger partial charge in [-0.15, -0.1) is 0 Å². The lowest BCUT2D eigenvalue weighted by atomic mass is 10.0. The van der Waals surface area contributed by atoms with Crippen LogP contribution in [0.15, 0.2) is 77.7 Å². The average Bonchev–Trinajstić information content (AvgIpc) is 3.41. The van der Waals surface area contributed by atoms with E-state index in [-0.39, 0.29) is 12.5 Å². The number of benzene rings is 3. The van der Waals surface area contributed by atoms with Crippen molar-refractivity contribution in [3.63, 3.8) is 0 Å². The zero-order valence-electron chi connectivity index (χ0n) is 20.1. The first-order chi connectivity index (χ1) is 17.3. The van der Waals surface area contributed by atoms with E-state index in [2.05, 4.69) is 20.9 Å². The standard InChI is InChI=1S/C27H26N4O5/c1-27(2,15-29-24(32)20-10-6-8-17-7-4-5-9-19(17)20)31-26(34)25(33)30-18-11-12-21(22(13-18)35-3)23-14-28-16-36-23/h4-14,16H,15H2,1-3H3,(H,29,32)(H,30,33)(H,31,34). The van der Waals surface area contributed by atoms with Gasteiger partial charge in [-0.1, -0.05) is 36.4 Å². The van der Waals surface area contributed by atoms with Gasteiger partial charge in [0, 0.05) is 23.9 Å². The number of rotatable bonds is 7. The SMILES string of the molecule is COc1cc(NC(=O)C(=O)NC(C)(C)CNC(=O)c2cccc3ccccc23)ccc1-c1cnco1. The number of nitrogens with one attached hydrogen (secondary N) is 3. The maximum Gasteiger partial charge on any atom is 0.313 e. The number of oxazole rings is 1. The normalized spacial score (nSPS) is 11.1. The summed E-state index contributed by atoms with van der Waals surface area (Å²) < 4.78 is 10.7. The molecule has 3 aromatic carbocycles. The second kappa shape index (κ2) is 10.3. The Morgan fingerprint density at radius 3 is 2.53 bits per heavy atom. The molecule has 9 heteroatoms. The van der Waals surface area contributed by atoms with Crippen molar-refractivity contribution < 1.29 is 23.5 Å². The first kappa shape index (κ1) is 24.5. The summed E-state index contributed by atoms with van der Waals surface area (Å²) in [6.07, 6.45) is 2.85. The fourth-order valence-electron chi connectivity index (χ4n) is 3.74. The van der Waals surface area contributed by atoms with Crippen LogP contribution < -0.4 is 20.7 Å². The summed E-state index contributed by atoms with van der Waals surface area (Å²) in [4.78, 5) is 41.8. The minimum Gasteiger partial charge on any atom is -0.496 e. The molecule has 0 spiro atoms. The Hall–Kier alpha value is -4.66. The molecule has 1 heterocycles. The minimum absolute atomic E-state index is 0.119. The van der Waals surface area contributed by atoms with Crippen molar-refractivity contribution in [3.05, 3.63) is 78.8 Å². The summed E-state index contributed by atoms with van der Waals surface area (Å²) in [6, 6.07) is 18.0. The molecule has 0 saturated carbocycles. The molecule has 4 aromatic rings. The van der Waals surface area contributed by atoms with E-state index in [0.29, 0.717) is 28.3 Å². The van der Waals surface area contributed by atoms with Gasteiger partial charge in [-0.2, -0.15) is 0 Å². The average molecular weight is 487 g/mol. The lowest BCUT2D eigenvalue weighted by Gasteiger charge is -2.26. The van der Waals surface area contributed by atoms with Crippen molar-refractivity contribution in [1.82, 2.24) is 15.6 Å². The smallest absolute Gasteiger partial charge is 0.313 e. The molecule has 0 bridgehead atoms. The van der Waals surface area contributed by atoms with Crippen LogP contribution in [-0.4, -0.2) is 41.9 Å². The number of aromatic nitrogens is 1. The van der Waals surface area contributed by atoms with E-state index >= 15 is 0 Å². The van der Waals surface area contributed by atoms with Crippen molar-refractivity contribution in [1.29, 1.82) is 0 Å². The highest BCUT2D eigenvalue weighted by atomic mass is 16.5. The third-order valence-corrected chi connectivity index (χ3v) is 5.54. The minimum atomic E-state index is -0.886. The first-order valence-electron chi connectivity index (χ1n) is 11.2. The van der Waals surface area contributed by atoms with Crippen LogP contribution in [-0.2, 0) is 9.59 Å². The summed E-state index contributed by atoms with van der Waals surface area (Å²) in [7, 11) is 1.49. The van der Waals surface area contributed by atoms with Gasteiger partial charge < -0.3 is 25.1 Å². The molecule has 0 aliphatic rings. The van der Waals surface area contributed by atoms with Crippen LogP contribution >= 0.6 is 0 Å². The van der Waals surface area contributed by atoms with Gasteiger partial charge in [0.2, 0.25) is 0 Å². The van der Waals surface area contributed by atoms with Crippen LogP contribution in [0.25, 0.3) is 22.1 Å². The third-order valence-electron chi connectivity index (χ3n) is 5.54. The van der Waals surface area contributed by atoms with Crippen LogP contribution in [0, 0.1) is 0 Å². The highest BCUT2D eigenvalue weighted by Crippen LogP contribution is 2.32. The van der Waals surface area contributed by atoms with Crippen molar-refractivity contribution in [2.24, 2.45) is 0 Å². The molecule has 184 valence electrons. The predicted octanol–water partition coefficient (Wildman–Crippen LogP) is 3.77. The third kappa shape index (κ3) is 5.52. The number of fused-ring (bicyclic) bond motifs is 1. The molecule has 3 N–H and O–H groups in total. The van der Waals surface area contributed by atoms with Crippen LogP contribution in [0.2, 0.25) is 0 Å². The highest BCUT2D eigenvalue weighted by Gasteiger charge is 2.26. The van der Waals surface area contributed by atoms with Gasteiger partial charge >= 0.3 is 11.8 Å². The van der Waals surface area contributed by atoms with E-state index in [1.807, 2.05) is 36.4 Å². The number of carbonyl (C=O) groups excluding carboxylic acids is 3.